The van der Waals surface area contributed by atoms with Gasteiger partial charge in [-0.3, -0.25) is 4.98 Å². The van der Waals surface area contributed by atoms with Gasteiger partial charge in [-0.1, -0.05) is 32.4 Å². The topological polar surface area (TPSA) is 12.9 Å². The number of aryl methyl sites for hydroxylation is 2. The lowest BCUT2D eigenvalue weighted by atomic mass is 10.1. The summed E-state index contributed by atoms with van der Waals surface area (Å²) in [5.74, 6) is 0. The smallest absolute Gasteiger partial charge is 0.0704 e. The summed E-state index contributed by atoms with van der Waals surface area (Å²) in [7, 11) is 0. The molecule has 0 amide bonds. The summed E-state index contributed by atoms with van der Waals surface area (Å²) < 4.78 is 0. The lowest BCUT2D eigenvalue weighted by molar-refractivity contribution is 1.15. The van der Waals surface area contributed by atoms with Crippen molar-refractivity contribution >= 4 is 10.9 Å². The van der Waals surface area contributed by atoms with E-state index < -0.39 is 0 Å². The van der Waals surface area contributed by atoms with Crippen LogP contribution in [0.4, 0.5) is 0 Å². The van der Waals surface area contributed by atoms with Crippen LogP contribution in [0.25, 0.3) is 10.9 Å². The third-order valence-corrected chi connectivity index (χ3v) is 2.37. The van der Waals surface area contributed by atoms with E-state index in [4.69, 9.17) is 0 Å². The van der Waals surface area contributed by atoms with E-state index >= 15 is 0 Å². The summed E-state index contributed by atoms with van der Waals surface area (Å²) in [4.78, 5) is 4.33. The van der Waals surface area contributed by atoms with E-state index in [-0.39, 0.29) is 0 Å². The van der Waals surface area contributed by atoms with Gasteiger partial charge in [0.25, 0.3) is 0 Å². The Morgan fingerprint density at radius 1 is 1.13 bits per heavy atom. The van der Waals surface area contributed by atoms with Crippen molar-refractivity contribution in [1.82, 2.24) is 4.98 Å². The number of pyridine rings is 1. The molecule has 0 aliphatic rings. The first-order valence-corrected chi connectivity index (χ1v) is 5.65. The molecular weight excluding hydrogens is 182 g/mol. The van der Waals surface area contributed by atoms with Gasteiger partial charge in [-0.2, -0.15) is 0 Å². The van der Waals surface area contributed by atoms with Crippen LogP contribution in [0.5, 0.6) is 0 Å². The monoisotopic (exact) mass is 201 g/mol. The Hall–Kier alpha value is -1.37. The first-order chi connectivity index (χ1) is 7.31. The quantitative estimate of drug-likeness (QED) is 0.676. The average Bonchev–Trinajstić information content (AvgIpc) is 2.31. The normalized spacial score (nSPS) is 9.60. The molecule has 2 aromatic rings. The van der Waals surface area contributed by atoms with Crippen LogP contribution < -0.4 is 0 Å². The predicted molar refractivity (Wildman–Crippen MR) is 67.2 cm³/mol. The zero-order chi connectivity index (χ0) is 11.3. The van der Waals surface area contributed by atoms with Gasteiger partial charge in [-0.15, -0.1) is 0 Å². The Morgan fingerprint density at radius 2 is 1.87 bits per heavy atom. The van der Waals surface area contributed by atoms with Gasteiger partial charge in [0.05, 0.1) is 5.52 Å². The molecule has 0 N–H and O–H groups in total. The maximum Gasteiger partial charge on any atom is 0.0704 e. The van der Waals surface area contributed by atoms with E-state index in [9.17, 15) is 0 Å². The molecular formula is C14H19N. The molecule has 0 saturated heterocycles. The highest BCUT2D eigenvalue weighted by molar-refractivity contribution is 5.82. The number of hydrogen-bond donors (Lipinski definition) is 0. The summed E-state index contributed by atoms with van der Waals surface area (Å²) >= 11 is 0. The van der Waals surface area contributed by atoms with Gasteiger partial charge >= 0.3 is 0 Å². The molecule has 0 atom stereocenters. The summed E-state index contributed by atoms with van der Waals surface area (Å²) in [5.41, 5.74) is 3.79. The van der Waals surface area contributed by atoms with Crippen molar-refractivity contribution in [3.63, 3.8) is 0 Å². The number of rotatable bonds is 1. The van der Waals surface area contributed by atoms with Crippen LogP contribution in [-0.4, -0.2) is 4.98 Å². The van der Waals surface area contributed by atoms with Gasteiger partial charge in [0.1, 0.15) is 0 Å². The van der Waals surface area contributed by atoms with Crippen LogP contribution in [0.15, 0.2) is 30.5 Å². The van der Waals surface area contributed by atoms with Gasteiger partial charge in [-0.05, 0) is 37.1 Å². The van der Waals surface area contributed by atoms with Crippen LogP contribution >= 0.6 is 0 Å². The lowest BCUT2D eigenvalue weighted by Gasteiger charge is -2.03. The Bertz CT molecular complexity index is 432. The third kappa shape index (κ3) is 2.56. The van der Waals surface area contributed by atoms with Crippen molar-refractivity contribution < 1.29 is 0 Å². The molecule has 80 valence electrons. The first kappa shape index (κ1) is 11.7. The lowest BCUT2D eigenvalue weighted by Crippen LogP contribution is -1.86. The summed E-state index contributed by atoms with van der Waals surface area (Å²) in [6, 6.07) is 8.50. The highest BCUT2D eigenvalue weighted by atomic mass is 14.6. The number of nitrogens with zero attached hydrogens (tertiary/aromatic N) is 1. The van der Waals surface area contributed by atoms with E-state index in [0.717, 1.165) is 11.9 Å². The van der Waals surface area contributed by atoms with Gasteiger partial charge < -0.3 is 0 Å². The van der Waals surface area contributed by atoms with Crippen molar-refractivity contribution in [3.8, 4) is 0 Å². The molecule has 0 aliphatic carbocycles. The van der Waals surface area contributed by atoms with Gasteiger partial charge in [-0.25, -0.2) is 0 Å². The molecule has 1 aromatic heterocycles. The fraction of sp³-hybridized carbons (Fsp3) is 0.357. The van der Waals surface area contributed by atoms with Gasteiger partial charge in [0.2, 0.25) is 0 Å². The predicted octanol–water partition coefficient (Wildman–Crippen LogP) is 4.13. The fourth-order valence-corrected chi connectivity index (χ4v) is 1.63. The van der Waals surface area contributed by atoms with Crippen LogP contribution in [-0.2, 0) is 6.42 Å². The summed E-state index contributed by atoms with van der Waals surface area (Å²) in [5, 5.41) is 1.30. The first-order valence-electron chi connectivity index (χ1n) is 5.65. The Labute approximate surface area is 92.2 Å². The Balaban J connectivity index is 0.000000531. The zero-order valence-corrected chi connectivity index (χ0v) is 10.0. The minimum atomic E-state index is 1.07. The molecule has 1 heteroatoms. The van der Waals surface area contributed by atoms with Gasteiger partial charge in [0, 0.05) is 11.6 Å². The fourth-order valence-electron chi connectivity index (χ4n) is 1.63. The molecule has 15 heavy (non-hydrogen) atoms. The molecule has 0 unspecified atom stereocenters. The highest BCUT2D eigenvalue weighted by Crippen LogP contribution is 2.18. The number of benzene rings is 1. The standard InChI is InChI=1S/C12H13N.C2H6/c1-3-10-6-7-13-12-5-4-9(2)8-11(10)12;1-2/h4-8H,3H2,1-2H3;1-2H3. The van der Waals surface area contributed by atoms with E-state index in [2.05, 4.69) is 43.1 Å². The Morgan fingerprint density at radius 3 is 2.53 bits per heavy atom. The molecule has 1 heterocycles. The molecule has 0 spiro atoms. The molecule has 0 bridgehead atoms. The van der Waals surface area contributed by atoms with Crippen molar-refractivity contribution in [1.29, 1.82) is 0 Å². The van der Waals surface area contributed by atoms with Crippen LogP contribution in [0.1, 0.15) is 31.9 Å². The van der Waals surface area contributed by atoms with E-state index in [0.29, 0.717) is 0 Å². The minimum absolute atomic E-state index is 1.07. The van der Waals surface area contributed by atoms with Crippen molar-refractivity contribution in [2.75, 3.05) is 0 Å². The zero-order valence-electron chi connectivity index (χ0n) is 10.0. The van der Waals surface area contributed by atoms with E-state index in [1.165, 1.54) is 16.5 Å². The molecule has 0 aliphatic heterocycles. The maximum atomic E-state index is 4.33. The number of fused-ring (bicyclic) bond motifs is 1. The van der Waals surface area contributed by atoms with Gasteiger partial charge in [0.15, 0.2) is 0 Å². The van der Waals surface area contributed by atoms with Crippen molar-refractivity contribution in [2.24, 2.45) is 0 Å². The SMILES string of the molecule is CC.CCc1ccnc2ccc(C)cc12. The number of aromatic nitrogens is 1. The maximum absolute atomic E-state index is 4.33. The van der Waals surface area contributed by atoms with Crippen molar-refractivity contribution in [2.45, 2.75) is 34.1 Å². The van der Waals surface area contributed by atoms with Crippen LogP contribution in [0.3, 0.4) is 0 Å². The van der Waals surface area contributed by atoms with E-state index in [1.807, 2.05) is 20.0 Å². The molecule has 0 saturated carbocycles. The largest absolute Gasteiger partial charge is 0.256 e. The molecule has 2 rings (SSSR count). The second kappa shape index (κ2) is 5.50. The average molecular weight is 201 g/mol. The van der Waals surface area contributed by atoms with Crippen LogP contribution in [0.2, 0.25) is 0 Å². The molecule has 1 nitrogen and oxygen atoms in total. The van der Waals surface area contributed by atoms with Crippen LogP contribution in [0, 0.1) is 6.92 Å². The second-order valence-corrected chi connectivity index (χ2v) is 3.34. The molecule has 0 radical (unpaired) electrons. The minimum Gasteiger partial charge on any atom is -0.256 e. The third-order valence-electron chi connectivity index (χ3n) is 2.37. The van der Waals surface area contributed by atoms with Crippen molar-refractivity contribution in [3.05, 3.63) is 41.6 Å². The number of hydrogen-bond acceptors (Lipinski definition) is 1. The molecule has 0 fully saturated rings. The summed E-state index contributed by atoms with van der Waals surface area (Å²) in [6.07, 6.45) is 2.96. The highest BCUT2D eigenvalue weighted by Gasteiger charge is 1.99. The summed E-state index contributed by atoms with van der Waals surface area (Å²) in [6.45, 7) is 8.29. The Kier molecular flexibility index (Phi) is 4.29. The van der Waals surface area contributed by atoms with E-state index in [1.54, 1.807) is 0 Å². The molecule has 1 aromatic carbocycles. The second-order valence-electron chi connectivity index (χ2n) is 3.34.